The van der Waals surface area contributed by atoms with Gasteiger partial charge in [-0.15, -0.1) is 10.2 Å². The third kappa shape index (κ3) is 2.70. The number of aliphatic hydroxyl groups excluding tert-OH is 1. The highest BCUT2D eigenvalue weighted by Gasteiger charge is 2.41. The molecule has 1 heterocycles. The number of hydrogen-bond donors (Lipinski definition) is 2. The number of nitrogens with zero attached hydrogens (tertiary/aromatic N) is 2. The Kier molecular flexibility index (Phi) is 3.38. The third-order valence-electron chi connectivity index (χ3n) is 3.34. The number of hydrogen-bond acceptors (Lipinski definition) is 5. The largest absolute Gasteiger partial charge is 0.419 e. The van der Waals surface area contributed by atoms with E-state index in [0.29, 0.717) is 18.3 Å². The summed E-state index contributed by atoms with van der Waals surface area (Å²) >= 11 is 3.46. The van der Waals surface area contributed by atoms with Crippen LogP contribution < -0.4 is 5.32 Å². The van der Waals surface area contributed by atoms with Crippen LogP contribution in [0.1, 0.15) is 18.7 Å². The van der Waals surface area contributed by atoms with Crippen molar-refractivity contribution >= 4 is 15.9 Å². The summed E-state index contributed by atoms with van der Waals surface area (Å²) in [7, 11) is 0. The molecule has 0 aliphatic heterocycles. The van der Waals surface area contributed by atoms with Crippen molar-refractivity contribution in [1.82, 2.24) is 15.5 Å². The fourth-order valence-electron chi connectivity index (χ4n) is 1.87. The average Bonchev–Trinajstić information content (AvgIpc) is 3.07. The van der Waals surface area contributed by atoms with Crippen molar-refractivity contribution in [3.63, 3.8) is 0 Å². The first-order valence-electron chi connectivity index (χ1n) is 6.16. The highest BCUT2D eigenvalue weighted by molar-refractivity contribution is 9.10. The molecule has 1 fully saturated rings. The van der Waals surface area contributed by atoms with Gasteiger partial charge in [0.25, 0.3) is 0 Å². The van der Waals surface area contributed by atoms with Crippen LogP contribution in [0.2, 0.25) is 0 Å². The molecule has 2 N–H and O–H groups in total. The topological polar surface area (TPSA) is 71.2 Å². The summed E-state index contributed by atoms with van der Waals surface area (Å²) in [6.07, 6.45) is 1.99. The molecule has 1 aromatic carbocycles. The van der Waals surface area contributed by atoms with Gasteiger partial charge in [0.15, 0.2) is 0 Å². The van der Waals surface area contributed by atoms with Crippen LogP contribution in [0.3, 0.4) is 0 Å². The van der Waals surface area contributed by atoms with Gasteiger partial charge in [-0.1, -0.05) is 12.1 Å². The second-order valence-corrected chi connectivity index (χ2v) is 5.63. The second kappa shape index (κ2) is 5.03. The van der Waals surface area contributed by atoms with Gasteiger partial charge in [-0.25, -0.2) is 0 Å². The van der Waals surface area contributed by atoms with E-state index < -0.39 is 0 Å². The monoisotopic (exact) mass is 323 g/mol. The SMILES string of the molecule is OCC1(NCc2nnc(-c3ccccc3Br)o2)CC1. The highest BCUT2D eigenvalue weighted by Crippen LogP contribution is 2.35. The van der Waals surface area contributed by atoms with E-state index in [9.17, 15) is 5.11 Å². The predicted molar refractivity (Wildman–Crippen MR) is 73.3 cm³/mol. The van der Waals surface area contributed by atoms with Crippen LogP contribution in [0.15, 0.2) is 33.2 Å². The maximum Gasteiger partial charge on any atom is 0.248 e. The van der Waals surface area contributed by atoms with E-state index in [2.05, 4.69) is 31.4 Å². The molecular formula is C13H14BrN3O2. The first-order chi connectivity index (χ1) is 9.22. The van der Waals surface area contributed by atoms with E-state index in [1.807, 2.05) is 24.3 Å². The van der Waals surface area contributed by atoms with Crippen molar-refractivity contribution in [2.24, 2.45) is 0 Å². The van der Waals surface area contributed by atoms with Crippen LogP contribution in [0.25, 0.3) is 11.5 Å². The lowest BCUT2D eigenvalue weighted by atomic mass is 10.2. The number of nitrogens with one attached hydrogen (secondary N) is 1. The molecule has 0 unspecified atom stereocenters. The number of aliphatic hydroxyl groups is 1. The Labute approximate surface area is 119 Å². The molecule has 5 nitrogen and oxygen atoms in total. The molecule has 100 valence electrons. The van der Waals surface area contributed by atoms with Gasteiger partial charge in [-0.2, -0.15) is 0 Å². The smallest absolute Gasteiger partial charge is 0.248 e. The Hall–Kier alpha value is -1.24. The van der Waals surface area contributed by atoms with Gasteiger partial charge in [-0.3, -0.25) is 0 Å². The molecule has 3 rings (SSSR count). The molecule has 0 bridgehead atoms. The average molecular weight is 324 g/mol. The van der Waals surface area contributed by atoms with Crippen LogP contribution in [0.4, 0.5) is 0 Å². The molecule has 1 aromatic heterocycles. The summed E-state index contributed by atoms with van der Waals surface area (Å²) in [5, 5.41) is 20.5. The minimum absolute atomic E-state index is 0.123. The number of aromatic nitrogens is 2. The van der Waals surface area contributed by atoms with Crippen molar-refractivity contribution in [3.05, 3.63) is 34.6 Å². The van der Waals surface area contributed by atoms with Crippen molar-refractivity contribution in [1.29, 1.82) is 0 Å². The van der Waals surface area contributed by atoms with Crippen LogP contribution >= 0.6 is 15.9 Å². The Morgan fingerprint density at radius 1 is 1.32 bits per heavy atom. The van der Waals surface area contributed by atoms with Gasteiger partial charge >= 0.3 is 0 Å². The van der Waals surface area contributed by atoms with Gasteiger partial charge in [-0.05, 0) is 40.9 Å². The molecule has 0 atom stereocenters. The molecule has 19 heavy (non-hydrogen) atoms. The fourth-order valence-corrected chi connectivity index (χ4v) is 2.33. The van der Waals surface area contributed by atoms with Gasteiger partial charge in [0.05, 0.1) is 18.7 Å². The van der Waals surface area contributed by atoms with Crippen LogP contribution in [-0.4, -0.2) is 27.4 Å². The van der Waals surface area contributed by atoms with Gasteiger partial charge in [0.1, 0.15) is 0 Å². The molecule has 0 radical (unpaired) electrons. The number of benzene rings is 1. The van der Waals surface area contributed by atoms with Crippen LogP contribution in [0, 0.1) is 0 Å². The van der Waals surface area contributed by atoms with Crippen molar-refractivity contribution in [3.8, 4) is 11.5 Å². The Morgan fingerprint density at radius 3 is 2.79 bits per heavy atom. The van der Waals surface area contributed by atoms with E-state index in [-0.39, 0.29) is 12.1 Å². The van der Waals surface area contributed by atoms with Crippen molar-refractivity contribution in [2.45, 2.75) is 24.9 Å². The number of rotatable bonds is 5. The summed E-state index contributed by atoms with van der Waals surface area (Å²) < 4.78 is 6.55. The molecule has 1 aliphatic rings. The first-order valence-corrected chi connectivity index (χ1v) is 6.95. The lowest BCUT2D eigenvalue weighted by Gasteiger charge is -2.11. The molecule has 0 saturated heterocycles. The first kappa shape index (κ1) is 12.8. The van der Waals surface area contributed by atoms with E-state index >= 15 is 0 Å². The summed E-state index contributed by atoms with van der Waals surface area (Å²) in [5.41, 5.74) is 0.756. The summed E-state index contributed by atoms with van der Waals surface area (Å²) in [6, 6.07) is 7.71. The normalized spacial score (nSPS) is 16.5. The summed E-state index contributed by atoms with van der Waals surface area (Å²) in [5.74, 6) is 1.03. The zero-order valence-electron chi connectivity index (χ0n) is 10.3. The molecule has 1 saturated carbocycles. The molecule has 6 heteroatoms. The van der Waals surface area contributed by atoms with Crippen LogP contribution in [0.5, 0.6) is 0 Å². The zero-order valence-corrected chi connectivity index (χ0v) is 11.9. The lowest BCUT2D eigenvalue weighted by Crippen LogP contribution is -2.34. The van der Waals surface area contributed by atoms with Gasteiger partial charge < -0.3 is 14.8 Å². The molecule has 0 spiro atoms. The predicted octanol–water partition coefficient (Wildman–Crippen LogP) is 2.11. The minimum atomic E-state index is -0.123. The Morgan fingerprint density at radius 2 is 2.11 bits per heavy atom. The Bertz CT molecular complexity index is 581. The van der Waals surface area contributed by atoms with E-state index in [1.165, 1.54) is 0 Å². The standard InChI is InChI=1S/C13H14BrN3O2/c14-10-4-2-1-3-9(10)12-17-16-11(19-12)7-15-13(8-18)5-6-13/h1-4,15,18H,5-8H2. The zero-order chi connectivity index (χ0) is 13.3. The molecule has 2 aromatic rings. The van der Waals surface area contributed by atoms with Crippen molar-refractivity contribution in [2.75, 3.05) is 6.61 Å². The van der Waals surface area contributed by atoms with E-state index in [1.54, 1.807) is 0 Å². The second-order valence-electron chi connectivity index (χ2n) is 4.77. The maximum atomic E-state index is 9.22. The van der Waals surface area contributed by atoms with Gasteiger partial charge in [0, 0.05) is 10.0 Å². The molecule has 1 aliphatic carbocycles. The number of halogens is 1. The fraction of sp³-hybridized carbons (Fsp3) is 0.385. The lowest BCUT2D eigenvalue weighted by molar-refractivity contribution is 0.226. The Balaban J connectivity index is 1.71. The molecular weight excluding hydrogens is 310 g/mol. The van der Waals surface area contributed by atoms with Gasteiger partial charge in [0.2, 0.25) is 11.8 Å². The maximum absolute atomic E-state index is 9.22. The minimum Gasteiger partial charge on any atom is -0.419 e. The van der Waals surface area contributed by atoms with Crippen LogP contribution in [-0.2, 0) is 6.54 Å². The molecule has 0 amide bonds. The third-order valence-corrected chi connectivity index (χ3v) is 4.03. The van der Waals surface area contributed by atoms with Crippen molar-refractivity contribution < 1.29 is 9.52 Å². The summed E-state index contributed by atoms with van der Waals surface area (Å²) in [6.45, 7) is 0.635. The van der Waals surface area contributed by atoms with E-state index in [0.717, 1.165) is 22.9 Å². The summed E-state index contributed by atoms with van der Waals surface area (Å²) in [4.78, 5) is 0. The highest BCUT2D eigenvalue weighted by atomic mass is 79.9. The quantitative estimate of drug-likeness (QED) is 0.881. The van der Waals surface area contributed by atoms with E-state index in [4.69, 9.17) is 4.42 Å².